The molecular weight excluding hydrogens is 273 g/mol. The highest BCUT2D eigenvalue weighted by molar-refractivity contribution is 7.87. The number of aromatic nitrogens is 1. The van der Waals surface area contributed by atoms with E-state index in [2.05, 4.69) is 9.17 Å². The summed E-state index contributed by atoms with van der Waals surface area (Å²) in [5.41, 5.74) is -0.0729. The first-order valence-electron chi connectivity index (χ1n) is 6.04. The summed E-state index contributed by atoms with van der Waals surface area (Å²) in [6.45, 7) is 0.934. The molecule has 5 nitrogen and oxygen atoms in total. The van der Waals surface area contributed by atoms with E-state index in [4.69, 9.17) is 4.74 Å². The van der Waals surface area contributed by atoms with Gasteiger partial charge in [-0.1, -0.05) is 0 Å². The van der Waals surface area contributed by atoms with Gasteiger partial charge in [-0.3, -0.25) is 9.17 Å². The number of rotatable bonds is 4. The monoisotopic (exact) mass is 289 g/mol. The number of hydrogen-bond donors (Lipinski definition) is 0. The molecule has 1 atom stereocenters. The summed E-state index contributed by atoms with van der Waals surface area (Å²) in [6.07, 6.45) is 2.47. The van der Waals surface area contributed by atoms with Gasteiger partial charge in [0.25, 0.3) is 10.1 Å². The van der Waals surface area contributed by atoms with Crippen molar-refractivity contribution in [1.82, 2.24) is 4.98 Å². The topological polar surface area (TPSA) is 65.5 Å². The first-order chi connectivity index (χ1) is 9.06. The zero-order valence-corrected chi connectivity index (χ0v) is 11.4. The molecule has 0 aromatic carbocycles. The fraction of sp³-hybridized carbons (Fsp3) is 0.583. The number of hydrogen-bond acceptors (Lipinski definition) is 5. The van der Waals surface area contributed by atoms with Crippen molar-refractivity contribution in [3.63, 3.8) is 0 Å². The van der Waals surface area contributed by atoms with Crippen molar-refractivity contribution in [1.29, 1.82) is 0 Å². The van der Waals surface area contributed by atoms with Crippen LogP contribution in [0.1, 0.15) is 23.8 Å². The molecule has 1 aliphatic heterocycles. The van der Waals surface area contributed by atoms with Crippen LogP contribution in [0.25, 0.3) is 0 Å². The van der Waals surface area contributed by atoms with E-state index in [1.165, 1.54) is 18.3 Å². The van der Waals surface area contributed by atoms with E-state index in [9.17, 15) is 12.8 Å². The predicted octanol–water partition coefficient (Wildman–Crippen LogP) is 1.66. The molecule has 2 rings (SSSR count). The second kappa shape index (κ2) is 5.94. The summed E-state index contributed by atoms with van der Waals surface area (Å²) in [5.74, 6) is -0.872. The zero-order chi connectivity index (χ0) is 13.9. The number of nitrogens with zero attached hydrogens (tertiary/aromatic N) is 1. The lowest BCUT2D eigenvalue weighted by Crippen LogP contribution is -2.29. The van der Waals surface area contributed by atoms with E-state index in [0.717, 1.165) is 7.11 Å². The van der Waals surface area contributed by atoms with Gasteiger partial charge in [0.15, 0.2) is 0 Å². The second-order valence-electron chi connectivity index (χ2n) is 4.40. The van der Waals surface area contributed by atoms with Gasteiger partial charge in [0.1, 0.15) is 11.1 Å². The lowest BCUT2D eigenvalue weighted by Gasteiger charge is -2.28. The third kappa shape index (κ3) is 3.10. The van der Waals surface area contributed by atoms with E-state index in [1.54, 1.807) is 0 Å². The molecule has 106 valence electrons. The second-order valence-corrected chi connectivity index (χ2v) is 6.23. The maximum absolute atomic E-state index is 13.8. The zero-order valence-electron chi connectivity index (χ0n) is 10.6. The highest BCUT2D eigenvalue weighted by Gasteiger charge is 2.38. The summed E-state index contributed by atoms with van der Waals surface area (Å²) in [5, 5.41) is -1.08. The molecule has 0 radical (unpaired) electrons. The van der Waals surface area contributed by atoms with E-state index >= 15 is 0 Å². The minimum atomic E-state index is -3.89. The minimum absolute atomic E-state index is 0.0729. The van der Waals surface area contributed by atoms with Crippen LogP contribution in [0.15, 0.2) is 18.3 Å². The van der Waals surface area contributed by atoms with E-state index in [-0.39, 0.29) is 11.6 Å². The van der Waals surface area contributed by atoms with Crippen molar-refractivity contribution in [3.8, 4) is 0 Å². The molecule has 19 heavy (non-hydrogen) atoms. The van der Waals surface area contributed by atoms with Crippen molar-refractivity contribution >= 4 is 10.1 Å². The molecule has 0 N–H and O–H groups in total. The van der Waals surface area contributed by atoms with E-state index in [0.29, 0.717) is 26.1 Å². The first-order valence-corrected chi connectivity index (χ1v) is 7.51. The quantitative estimate of drug-likeness (QED) is 0.789. The Labute approximate surface area is 111 Å². The van der Waals surface area contributed by atoms with Gasteiger partial charge in [-0.2, -0.15) is 8.42 Å². The lowest BCUT2D eigenvalue weighted by atomic mass is 9.94. The highest BCUT2D eigenvalue weighted by atomic mass is 32.2. The normalized spacial score (nSPS) is 19.3. The van der Waals surface area contributed by atoms with Gasteiger partial charge < -0.3 is 4.74 Å². The van der Waals surface area contributed by atoms with Crippen LogP contribution in [0.5, 0.6) is 0 Å². The van der Waals surface area contributed by atoms with Gasteiger partial charge in [-0.05, 0) is 30.9 Å². The van der Waals surface area contributed by atoms with Crippen LogP contribution in [0.3, 0.4) is 0 Å². The molecular formula is C12H16FNO4S. The van der Waals surface area contributed by atoms with Crippen LogP contribution in [-0.4, -0.2) is 33.7 Å². The van der Waals surface area contributed by atoms with Gasteiger partial charge in [-0.15, -0.1) is 0 Å². The standard InChI is InChI=1S/C12H16FNO4S/c1-17-19(15,16)12(9-4-7-18-8-5-9)11-10(13)3-2-6-14-11/h2-3,6,9,12H,4-5,7-8H2,1H3. The third-order valence-electron chi connectivity index (χ3n) is 3.29. The molecule has 1 aromatic rings. The number of halogens is 1. The Balaban J connectivity index is 2.43. The summed E-state index contributed by atoms with van der Waals surface area (Å²) in [6, 6.07) is 2.64. The smallest absolute Gasteiger partial charge is 0.276 e. The molecule has 1 saturated heterocycles. The van der Waals surface area contributed by atoms with Gasteiger partial charge in [0.2, 0.25) is 0 Å². The molecule has 1 fully saturated rings. The molecule has 0 saturated carbocycles. The first kappa shape index (κ1) is 14.4. The fourth-order valence-electron chi connectivity index (χ4n) is 2.33. The van der Waals surface area contributed by atoms with Crippen molar-refractivity contribution in [2.24, 2.45) is 5.92 Å². The molecule has 0 amide bonds. The Kier molecular flexibility index (Phi) is 4.49. The van der Waals surface area contributed by atoms with Crippen LogP contribution in [0.4, 0.5) is 4.39 Å². The Bertz CT molecular complexity index is 528. The maximum atomic E-state index is 13.8. The van der Waals surface area contributed by atoms with Crippen LogP contribution in [-0.2, 0) is 19.0 Å². The van der Waals surface area contributed by atoms with Crippen molar-refractivity contribution < 1.29 is 21.7 Å². The van der Waals surface area contributed by atoms with Crippen molar-refractivity contribution in [3.05, 3.63) is 29.8 Å². The molecule has 7 heteroatoms. The Morgan fingerprint density at radius 3 is 2.74 bits per heavy atom. The Hall–Kier alpha value is -1.05. The molecule has 2 heterocycles. The molecule has 0 bridgehead atoms. The van der Waals surface area contributed by atoms with Gasteiger partial charge in [-0.25, -0.2) is 4.39 Å². The average Bonchev–Trinajstić information content (AvgIpc) is 2.42. The van der Waals surface area contributed by atoms with Crippen LogP contribution >= 0.6 is 0 Å². The van der Waals surface area contributed by atoms with Crippen molar-refractivity contribution in [2.45, 2.75) is 18.1 Å². The SMILES string of the molecule is COS(=O)(=O)C(c1ncccc1F)C1CCOCC1. The number of pyridine rings is 1. The van der Waals surface area contributed by atoms with Crippen LogP contribution in [0.2, 0.25) is 0 Å². The van der Waals surface area contributed by atoms with E-state index < -0.39 is 21.2 Å². The largest absolute Gasteiger partial charge is 0.381 e. The van der Waals surface area contributed by atoms with Crippen LogP contribution < -0.4 is 0 Å². The fourth-order valence-corrected chi connectivity index (χ4v) is 3.72. The lowest BCUT2D eigenvalue weighted by molar-refractivity contribution is 0.0634. The molecule has 1 unspecified atom stereocenters. The minimum Gasteiger partial charge on any atom is -0.381 e. The maximum Gasteiger partial charge on any atom is 0.276 e. The molecule has 1 aliphatic rings. The summed E-state index contributed by atoms with van der Waals surface area (Å²) in [4.78, 5) is 3.89. The third-order valence-corrected chi connectivity index (χ3v) is 4.99. The average molecular weight is 289 g/mol. The Morgan fingerprint density at radius 2 is 2.16 bits per heavy atom. The molecule has 0 aliphatic carbocycles. The summed E-state index contributed by atoms with van der Waals surface area (Å²) in [7, 11) is -2.81. The predicted molar refractivity (Wildman–Crippen MR) is 66.4 cm³/mol. The van der Waals surface area contributed by atoms with Gasteiger partial charge >= 0.3 is 0 Å². The summed E-state index contributed by atoms with van der Waals surface area (Å²) >= 11 is 0. The van der Waals surface area contributed by atoms with Gasteiger partial charge in [0.05, 0.1) is 12.8 Å². The Morgan fingerprint density at radius 1 is 1.47 bits per heavy atom. The summed E-state index contributed by atoms with van der Waals surface area (Å²) < 4.78 is 47.8. The van der Waals surface area contributed by atoms with Crippen LogP contribution in [0, 0.1) is 11.7 Å². The van der Waals surface area contributed by atoms with Crippen molar-refractivity contribution in [2.75, 3.05) is 20.3 Å². The van der Waals surface area contributed by atoms with E-state index in [1.807, 2.05) is 0 Å². The van der Waals surface area contributed by atoms with Gasteiger partial charge in [0, 0.05) is 19.4 Å². The number of ether oxygens (including phenoxy) is 1. The highest BCUT2D eigenvalue weighted by Crippen LogP contribution is 2.37. The molecule has 0 spiro atoms. The molecule has 1 aromatic heterocycles.